The van der Waals surface area contributed by atoms with Gasteiger partial charge in [-0.3, -0.25) is 9.58 Å². The number of aromatic nitrogens is 3. The lowest BCUT2D eigenvalue weighted by atomic mass is 9.98. The number of hydrogen-bond acceptors (Lipinski definition) is 4. The number of rotatable bonds is 4. The normalized spacial score (nSPS) is 19.7. The lowest BCUT2D eigenvalue weighted by molar-refractivity contribution is 0.133. The molecule has 3 rings (SSSR count). The van der Waals surface area contributed by atoms with Crippen molar-refractivity contribution in [1.29, 1.82) is 0 Å². The van der Waals surface area contributed by atoms with Gasteiger partial charge >= 0.3 is 0 Å². The Morgan fingerprint density at radius 2 is 2.23 bits per heavy atom. The van der Waals surface area contributed by atoms with Gasteiger partial charge in [-0.25, -0.2) is 0 Å². The molecule has 2 aromatic heterocycles. The van der Waals surface area contributed by atoms with Gasteiger partial charge < -0.3 is 4.52 Å². The summed E-state index contributed by atoms with van der Waals surface area (Å²) < 4.78 is 7.04. The molecule has 0 unspecified atom stereocenters. The highest BCUT2D eigenvalue weighted by Crippen LogP contribution is 2.33. The van der Waals surface area contributed by atoms with Gasteiger partial charge in [-0.05, 0) is 32.7 Å². The Morgan fingerprint density at radius 1 is 1.41 bits per heavy atom. The van der Waals surface area contributed by atoms with Gasteiger partial charge in [-0.15, -0.1) is 0 Å². The third-order valence-corrected chi connectivity index (χ3v) is 4.92. The molecule has 1 saturated heterocycles. The van der Waals surface area contributed by atoms with Crippen molar-refractivity contribution >= 4 is 11.6 Å². The van der Waals surface area contributed by atoms with Crippen molar-refractivity contribution in [2.45, 2.75) is 52.1 Å². The van der Waals surface area contributed by atoms with Crippen molar-refractivity contribution in [3.63, 3.8) is 0 Å². The van der Waals surface area contributed by atoms with E-state index < -0.39 is 0 Å². The maximum atomic E-state index is 6.45. The topological polar surface area (TPSA) is 47.1 Å². The van der Waals surface area contributed by atoms with E-state index in [0.717, 1.165) is 53.8 Å². The molecule has 0 saturated carbocycles. The van der Waals surface area contributed by atoms with Crippen LogP contribution in [0.3, 0.4) is 0 Å². The SMILES string of the molecule is CCc1nn(C)c(Cl)c1CN1CCCC[C@H]1c1cc(C)on1. The van der Waals surface area contributed by atoms with Crippen LogP contribution in [0.15, 0.2) is 10.6 Å². The molecule has 0 spiro atoms. The Kier molecular flexibility index (Phi) is 4.54. The van der Waals surface area contributed by atoms with Crippen molar-refractivity contribution < 1.29 is 4.52 Å². The first kappa shape index (κ1) is 15.6. The molecule has 3 heterocycles. The average molecular weight is 323 g/mol. The predicted octanol–water partition coefficient (Wildman–Crippen LogP) is 3.66. The molecule has 1 aliphatic heterocycles. The fourth-order valence-electron chi connectivity index (χ4n) is 3.30. The fourth-order valence-corrected chi connectivity index (χ4v) is 3.51. The molecule has 6 heteroatoms. The monoisotopic (exact) mass is 322 g/mol. The minimum absolute atomic E-state index is 0.312. The molecular weight excluding hydrogens is 300 g/mol. The Balaban J connectivity index is 1.86. The van der Waals surface area contributed by atoms with Crippen LogP contribution in [0.2, 0.25) is 5.15 Å². The van der Waals surface area contributed by atoms with E-state index in [0.29, 0.717) is 6.04 Å². The maximum absolute atomic E-state index is 6.45. The summed E-state index contributed by atoms with van der Waals surface area (Å²) >= 11 is 6.45. The van der Waals surface area contributed by atoms with Crippen molar-refractivity contribution in [1.82, 2.24) is 19.8 Å². The Labute approximate surface area is 136 Å². The van der Waals surface area contributed by atoms with Gasteiger partial charge in [-0.2, -0.15) is 5.10 Å². The summed E-state index contributed by atoms with van der Waals surface area (Å²) in [7, 11) is 1.90. The lowest BCUT2D eigenvalue weighted by Gasteiger charge is -2.34. The zero-order chi connectivity index (χ0) is 15.7. The summed E-state index contributed by atoms with van der Waals surface area (Å²) in [6.07, 6.45) is 4.46. The van der Waals surface area contributed by atoms with E-state index in [1.807, 2.05) is 14.0 Å². The highest BCUT2D eigenvalue weighted by Gasteiger charge is 2.28. The molecule has 0 amide bonds. The molecule has 0 bridgehead atoms. The van der Waals surface area contributed by atoms with Crippen LogP contribution in [0.5, 0.6) is 0 Å². The second kappa shape index (κ2) is 6.42. The van der Waals surface area contributed by atoms with Gasteiger partial charge in [0.25, 0.3) is 0 Å². The zero-order valence-electron chi connectivity index (χ0n) is 13.5. The Hall–Kier alpha value is -1.33. The average Bonchev–Trinajstić information content (AvgIpc) is 3.06. The van der Waals surface area contributed by atoms with Crippen molar-refractivity contribution in [3.8, 4) is 0 Å². The molecule has 0 aromatic carbocycles. The van der Waals surface area contributed by atoms with Crippen LogP contribution in [0.4, 0.5) is 0 Å². The highest BCUT2D eigenvalue weighted by molar-refractivity contribution is 6.30. The van der Waals surface area contributed by atoms with E-state index in [4.69, 9.17) is 16.1 Å². The third-order valence-electron chi connectivity index (χ3n) is 4.45. The van der Waals surface area contributed by atoms with Gasteiger partial charge in [0, 0.05) is 25.2 Å². The number of hydrogen-bond donors (Lipinski definition) is 0. The highest BCUT2D eigenvalue weighted by atomic mass is 35.5. The number of likely N-dealkylation sites (tertiary alicyclic amines) is 1. The van der Waals surface area contributed by atoms with Crippen LogP contribution in [0.25, 0.3) is 0 Å². The second-order valence-corrected chi connectivity index (χ2v) is 6.40. The molecule has 1 aliphatic rings. The molecular formula is C16H23ClN4O. The van der Waals surface area contributed by atoms with Crippen LogP contribution in [-0.4, -0.2) is 26.4 Å². The fraction of sp³-hybridized carbons (Fsp3) is 0.625. The van der Waals surface area contributed by atoms with Gasteiger partial charge in [0.15, 0.2) is 0 Å². The van der Waals surface area contributed by atoms with E-state index in [1.54, 1.807) is 4.68 Å². The van der Waals surface area contributed by atoms with E-state index in [2.05, 4.69) is 28.1 Å². The minimum Gasteiger partial charge on any atom is -0.361 e. The number of piperidine rings is 1. The predicted molar refractivity (Wildman–Crippen MR) is 85.8 cm³/mol. The molecule has 1 atom stereocenters. The van der Waals surface area contributed by atoms with E-state index >= 15 is 0 Å². The summed E-state index contributed by atoms with van der Waals surface area (Å²) in [4.78, 5) is 2.46. The zero-order valence-corrected chi connectivity index (χ0v) is 14.2. The number of halogens is 1. The number of nitrogens with zero attached hydrogens (tertiary/aromatic N) is 4. The quantitative estimate of drug-likeness (QED) is 0.862. The van der Waals surface area contributed by atoms with Gasteiger partial charge in [0.1, 0.15) is 16.6 Å². The standard InChI is InChI=1S/C16H23ClN4O/c1-4-13-12(16(17)20(3)18-13)10-21-8-6-5-7-15(21)14-9-11(2)22-19-14/h9,15H,4-8,10H2,1-3H3/t15-/m0/s1. The largest absolute Gasteiger partial charge is 0.361 e. The third kappa shape index (κ3) is 2.92. The minimum atomic E-state index is 0.312. The van der Waals surface area contributed by atoms with Gasteiger partial charge in [0.2, 0.25) is 0 Å². The maximum Gasteiger partial charge on any atom is 0.133 e. The van der Waals surface area contributed by atoms with E-state index in [9.17, 15) is 0 Å². The summed E-state index contributed by atoms with van der Waals surface area (Å²) in [6, 6.07) is 2.36. The molecule has 120 valence electrons. The second-order valence-electron chi connectivity index (χ2n) is 6.04. The van der Waals surface area contributed by atoms with Crippen LogP contribution in [-0.2, 0) is 20.0 Å². The van der Waals surface area contributed by atoms with Crippen molar-refractivity contribution in [3.05, 3.63) is 33.9 Å². The molecule has 2 aromatic rings. The Bertz CT molecular complexity index is 649. The van der Waals surface area contributed by atoms with Gasteiger partial charge in [0.05, 0.1) is 11.7 Å². The summed E-state index contributed by atoms with van der Waals surface area (Å²) in [6.45, 7) is 5.95. The summed E-state index contributed by atoms with van der Waals surface area (Å²) in [5.74, 6) is 0.870. The van der Waals surface area contributed by atoms with Crippen LogP contribution < -0.4 is 0 Å². The molecule has 0 aliphatic carbocycles. The molecule has 0 N–H and O–H groups in total. The summed E-state index contributed by atoms with van der Waals surface area (Å²) in [5.41, 5.74) is 3.28. The van der Waals surface area contributed by atoms with Crippen molar-refractivity contribution in [2.75, 3.05) is 6.54 Å². The molecule has 1 fully saturated rings. The lowest BCUT2D eigenvalue weighted by Crippen LogP contribution is -2.33. The van der Waals surface area contributed by atoms with Crippen molar-refractivity contribution in [2.24, 2.45) is 7.05 Å². The van der Waals surface area contributed by atoms with Crippen LogP contribution >= 0.6 is 11.6 Å². The number of aryl methyl sites for hydroxylation is 3. The molecule has 5 nitrogen and oxygen atoms in total. The first-order chi connectivity index (χ1) is 10.6. The van der Waals surface area contributed by atoms with E-state index in [-0.39, 0.29) is 0 Å². The smallest absolute Gasteiger partial charge is 0.133 e. The van der Waals surface area contributed by atoms with E-state index in [1.165, 1.54) is 12.8 Å². The Morgan fingerprint density at radius 3 is 2.91 bits per heavy atom. The summed E-state index contributed by atoms with van der Waals surface area (Å²) in [5, 5.41) is 9.50. The van der Waals surface area contributed by atoms with Crippen LogP contribution in [0, 0.1) is 6.92 Å². The van der Waals surface area contributed by atoms with Crippen LogP contribution in [0.1, 0.15) is 54.9 Å². The first-order valence-corrected chi connectivity index (χ1v) is 8.35. The van der Waals surface area contributed by atoms with Gasteiger partial charge in [-0.1, -0.05) is 30.1 Å². The molecule has 22 heavy (non-hydrogen) atoms. The molecule has 0 radical (unpaired) electrons. The first-order valence-electron chi connectivity index (χ1n) is 7.97.